The summed E-state index contributed by atoms with van der Waals surface area (Å²) in [7, 11) is 5.34. The Hall–Kier alpha value is -1.42. The molecule has 0 aliphatic rings. The topological polar surface area (TPSA) is 54.0 Å². The van der Waals surface area contributed by atoms with Gasteiger partial charge in [-0.15, -0.1) is 0 Å². The number of amides is 1. The summed E-state index contributed by atoms with van der Waals surface area (Å²) in [6, 6.07) is 3.44. The highest BCUT2D eigenvalue weighted by molar-refractivity contribution is 5.93. The van der Waals surface area contributed by atoms with E-state index in [2.05, 4.69) is 15.6 Å². The fraction of sp³-hybridized carbons (Fsp3) is 0.333. The summed E-state index contributed by atoms with van der Waals surface area (Å²) in [5.41, 5.74) is 0.588. The highest BCUT2D eigenvalue weighted by Crippen LogP contribution is 1.93. The fourth-order valence-electron chi connectivity index (χ4n) is 0.641. The van der Waals surface area contributed by atoms with Crippen LogP contribution in [0.5, 0.6) is 0 Å². The Kier molecular flexibility index (Phi) is 6.45. The van der Waals surface area contributed by atoms with Crippen LogP contribution in [0.4, 0.5) is 0 Å². The molecule has 0 aromatic carbocycles. The van der Waals surface area contributed by atoms with Crippen molar-refractivity contribution in [3.05, 3.63) is 30.1 Å². The second-order valence-corrected chi connectivity index (χ2v) is 2.32. The van der Waals surface area contributed by atoms with Crippen LogP contribution in [0.1, 0.15) is 10.4 Å². The molecule has 0 aliphatic carbocycles. The summed E-state index contributed by atoms with van der Waals surface area (Å²) < 4.78 is 0. The zero-order valence-corrected chi connectivity index (χ0v) is 8.16. The number of carbonyl (C=O) groups is 1. The van der Waals surface area contributed by atoms with Gasteiger partial charge in [0.25, 0.3) is 5.91 Å². The highest BCUT2D eigenvalue weighted by atomic mass is 16.1. The molecule has 0 radical (unpaired) electrons. The summed E-state index contributed by atoms with van der Waals surface area (Å²) in [6.07, 6.45) is 3.16. The van der Waals surface area contributed by atoms with E-state index in [1.807, 2.05) is 14.1 Å². The average molecular weight is 181 g/mol. The maximum atomic E-state index is 10.9. The van der Waals surface area contributed by atoms with Crippen molar-refractivity contribution in [3.63, 3.8) is 0 Å². The van der Waals surface area contributed by atoms with Crippen molar-refractivity contribution in [1.29, 1.82) is 0 Å². The van der Waals surface area contributed by atoms with E-state index in [9.17, 15) is 4.79 Å². The third-order valence-corrected chi connectivity index (χ3v) is 1.15. The molecule has 0 aliphatic heterocycles. The summed E-state index contributed by atoms with van der Waals surface area (Å²) in [6.45, 7) is 0. The number of carbonyl (C=O) groups excluding carboxylic acids is 1. The molecule has 72 valence electrons. The van der Waals surface area contributed by atoms with Gasteiger partial charge in [0.05, 0.1) is 5.56 Å². The summed E-state index contributed by atoms with van der Waals surface area (Å²) in [5.74, 6) is -0.104. The number of pyridine rings is 1. The molecule has 0 unspecified atom stereocenters. The van der Waals surface area contributed by atoms with Crippen LogP contribution in [-0.4, -0.2) is 32.0 Å². The molecule has 1 aromatic heterocycles. The Morgan fingerprint density at radius 2 is 2.00 bits per heavy atom. The molecule has 0 saturated carbocycles. The largest absolute Gasteiger partial charge is 0.355 e. The predicted octanol–water partition coefficient (Wildman–Crippen LogP) is 0.277. The van der Waals surface area contributed by atoms with Crippen molar-refractivity contribution in [2.75, 3.05) is 21.1 Å². The Balaban J connectivity index is 0.000000424. The summed E-state index contributed by atoms with van der Waals surface area (Å²) in [5, 5.41) is 5.25. The number of hydrogen-bond donors (Lipinski definition) is 2. The molecule has 0 fully saturated rings. The molecule has 1 heterocycles. The summed E-state index contributed by atoms with van der Waals surface area (Å²) in [4.78, 5) is 14.7. The first-order valence-electron chi connectivity index (χ1n) is 3.96. The van der Waals surface area contributed by atoms with E-state index in [4.69, 9.17) is 0 Å². The fourth-order valence-corrected chi connectivity index (χ4v) is 0.641. The minimum absolute atomic E-state index is 0.104. The monoisotopic (exact) mass is 181 g/mol. The second kappa shape index (κ2) is 7.24. The zero-order valence-electron chi connectivity index (χ0n) is 8.16. The van der Waals surface area contributed by atoms with Crippen molar-refractivity contribution < 1.29 is 4.79 Å². The number of nitrogens with one attached hydrogen (secondary N) is 2. The van der Waals surface area contributed by atoms with Crippen molar-refractivity contribution in [1.82, 2.24) is 15.6 Å². The van der Waals surface area contributed by atoms with E-state index in [-0.39, 0.29) is 5.91 Å². The molecule has 0 bridgehead atoms. The van der Waals surface area contributed by atoms with E-state index >= 15 is 0 Å². The summed E-state index contributed by atoms with van der Waals surface area (Å²) >= 11 is 0. The van der Waals surface area contributed by atoms with E-state index in [1.54, 1.807) is 25.4 Å². The Bertz CT molecular complexity index is 236. The van der Waals surface area contributed by atoms with Gasteiger partial charge in [-0.2, -0.15) is 0 Å². The standard InChI is InChI=1S/C7H8N2O.C2H7N/c1-8-7(10)6-3-2-4-9-5-6;1-3-2/h2-5H,1H3,(H,8,10);3H,1-2H3. The molecule has 4 nitrogen and oxygen atoms in total. The zero-order chi connectivity index (χ0) is 10.1. The van der Waals surface area contributed by atoms with Crippen LogP contribution in [0.3, 0.4) is 0 Å². The van der Waals surface area contributed by atoms with E-state index < -0.39 is 0 Å². The van der Waals surface area contributed by atoms with Crippen molar-refractivity contribution >= 4 is 5.91 Å². The molecule has 1 aromatic rings. The van der Waals surface area contributed by atoms with Gasteiger partial charge in [0.1, 0.15) is 0 Å². The average Bonchev–Trinajstić information content (AvgIpc) is 2.19. The molecule has 1 amide bonds. The second-order valence-electron chi connectivity index (χ2n) is 2.32. The first-order chi connectivity index (χ1) is 6.26. The van der Waals surface area contributed by atoms with Gasteiger partial charge in [0.15, 0.2) is 0 Å². The molecule has 1 rings (SSSR count). The third-order valence-electron chi connectivity index (χ3n) is 1.15. The predicted molar refractivity (Wildman–Crippen MR) is 52.6 cm³/mol. The van der Waals surface area contributed by atoms with Crippen LogP contribution < -0.4 is 10.6 Å². The smallest absolute Gasteiger partial charge is 0.252 e. The van der Waals surface area contributed by atoms with Crippen molar-refractivity contribution in [2.45, 2.75) is 0 Å². The Labute approximate surface area is 78.4 Å². The Morgan fingerprint density at radius 1 is 1.38 bits per heavy atom. The van der Waals surface area contributed by atoms with Crippen LogP contribution in [0.25, 0.3) is 0 Å². The van der Waals surface area contributed by atoms with Gasteiger partial charge < -0.3 is 10.6 Å². The number of rotatable bonds is 1. The normalized spacial score (nSPS) is 8.23. The molecule has 13 heavy (non-hydrogen) atoms. The van der Waals surface area contributed by atoms with Gasteiger partial charge in [-0.25, -0.2) is 0 Å². The van der Waals surface area contributed by atoms with Gasteiger partial charge >= 0.3 is 0 Å². The number of hydrogen-bond acceptors (Lipinski definition) is 3. The minimum atomic E-state index is -0.104. The van der Waals surface area contributed by atoms with Crippen LogP contribution in [0, 0.1) is 0 Å². The lowest BCUT2D eigenvalue weighted by molar-refractivity contribution is 0.0963. The van der Waals surface area contributed by atoms with Crippen LogP contribution in [0.2, 0.25) is 0 Å². The molecular formula is C9H15N3O. The first kappa shape index (κ1) is 11.6. The van der Waals surface area contributed by atoms with Crippen LogP contribution in [-0.2, 0) is 0 Å². The van der Waals surface area contributed by atoms with E-state index in [0.29, 0.717) is 5.56 Å². The highest BCUT2D eigenvalue weighted by Gasteiger charge is 1.98. The third kappa shape index (κ3) is 4.92. The Morgan fingerprint density at radius 3 is 2.38 bits per heavy atom. The van der Waals surface area contributed by atoms with Gasteiger partial charge in [0, 0.05) is 19.4 Å². The van der Waals surface area contributed by atoms with E-state index in [1.165, 1.54) is 6.20 Å². The lowest BCUT2D eigenvalue weighted by atomic mass is 10.3. The minimum Gasteiger partial charge on any atom is -0.355 e. The first-order valence-corrected chi connectivity index (χ1v) is 3.96. The lowest BCUT2D eigenvalue weighted by Gasteiger charge is -1.95. The molecular weight excluding hydrogens is 166 g/mol. The maximum absolute atomic E-state index is 10.9. The SMILES string of the molecule is CNC.CNC(=O)c1cccnc1. The number of nitrogens with zero attached hydrogens (tertiary/aromatic N) is 1. The van der Waals surface area contributed by atoms with Gasteiger partial charge in [-0.05, 0) is 26.2 Å². The van der Waals surface area contributed by atoms with Crippen LogP contribution in [0.15, 0.2) is 24.5 Å². The lowest BCUT2D eigenvalue weighted by Crippen LogP contribution is -2.17. The molecule has 0 atom stereocenters. The quantitative estimate of drug-likeness (QED) is 0.654. The van der Waals surface area contributed by atoms with Crippen molar-refractivity contribution in [2.24, 2.45) is 0 Å². The van der Waals surface area contributed by atoms with Crippen LogP contribution >= 0.6 is 0 Å². The molecule has 0 saturated heterocycles. The van der Waals surface area contributed by atoms with Gasteiger partial charge in [-0.3, -0.25) is 9.78 Å². The van der Waals surface area contributed by atoms with Gasteiger partial charge in [-0.1, -0.05) is 0 Å². The molecule has 4 heteroatoms. The molecule has 0 spiro atoms. The molecule has 2 N–H and O–H groups in total. The maximum Gasteiger partial charge on any atom is 0.252 e. The van der Waals surface area contributed by atoms with Gasteiger partial charge in [0.2, 0.25) is 0 Å². The van der Waals surface area contributed by atoms with Crippen molar-refractivity contribution in [3.8, 4) is 0 Å². The van der Waals surface area contributed by atoms with E-state index in [0.717, 1.165) is 0 Å². The number of aromatic nitrogens is 1.